The Bertz CT molecular complexity index is 584. The molecule has 8 heteroatoms. The molecule has 1 fully saturated rings. The van der Waals surface area contributed by atoms with E-state index < -0.39 is 22.3 Å². The number of carboxylic acids is 1. The van der Waals surface area contributed by atoms with E-state index in [9.17, 15) is 24.8 Å². The Kier molecular flexibility index (Phi) is 4.46. The van der Waals surface area contributed by atoms with Crippen LogP contribution in [0.5, 0.6) is 0 Å². The molecule has 2 rings (SSSR count). The maximum atomic E-state index is 12.0. The summed E-state index contributed by atoms with van der Waals surface area (Å²) < 4.78 is 0. The molecule has 1 aliphatic heterocycles. The molecule has 0 spiro atoms. The van der Waals surface area contributed by atoms with Gasteiger partial charge in [0.15, 0.2) is 0 Å². The second-order valence-corrected chi connectivity index (χ2v) is 5.95. The number of nitro benzene ring substituents is 1. The molecule has 21 heavy (non-hydrogen) atoms. The van der Waals surface area contributed by atoms with Gasteiger partial charge in [-0.2, -0.15) is 11.8 Å². The number of carbonyl (C=O) groups excluding carboxylic acids is 1. The number of nitrogens with one attached hydrogen (secondary N) is 1. The molecule has 0 aliphatic carbocycles. The van der Waals surface area contributed by atoms with E-state index >= 15 is 0 Å². The fourth-order valence-corrected chi connectivity index (χ4v) is 3.49. The fourth-order valence-electron chi connectivity index (χ4n) is 2.16. The lowest BCUT2D eigenvalue weighted by Gasteiger charge is -2.24. The summed E-state index contributed by atoms with van der Waals surface area (Å²) in [5, 5.41) is 22.5. The minimum Gasteiger partial charge on any atom is -0.479 e. The van der Waals surface area contributed by atoms with Gasteiger partial charge in [0, 0.05) is 17.9 Å². The van der Waals surface area contributed by atoms with Crippen LogP contribution in [0.3, 0.4) is 0 Å². The van der Waals surface area contributed by atoms with E-state index in [-0.39, 0.29) is 12.1 Å². The minimum atomic E-state index is -1.22. The normalized spacial score (nSPS) is 21.0. The zero-order valence-electron chi connectivity index (χ0n) is 11.1. The second-order valence-electron chi connectivity index (χ2n) is 4.84. The lowest BCUT2D eigenvalue weighted by molar-refractivity contribution is -0.384. The van der Waals surface area contributed by atoms with Crippen LogP contribution in [0.2, 0.25) is 0 Å². The van der Waals surface area contributed by atoms with Crippen LogP contribution in [0.25, 0.3) is 0 Å². The van der Waals surface area contributed by atoms with Gasteiger partial charge in [-0.05, 0) is 17.7 Å². The van der Waals surface area contributed by atoms with Gasteiger partial charge in [0.1, 0.15) is 5.54 Å². The Balaban J connectivity index is 2.06. The Morgan fingerprint density at radius 3 is 2.81 bits per heavy atom. The van der Waals surface area contributed by atoms with Gasteiger partial charge in [-0.3, -0.25) is 14.9 Å². The van der Waals surface area contributed by atoms with Crippen molar-refractivity contribution in [3.8, 4) is 0 Å². The van der Waals surface area contributed by atoms with Crippen LogP contribution in [0, 0.1) is 10.1 Å². The van der Waals surface area contributed by atoms with Gasteiger partial charge < -0.3 is 10.4 Å². The number of benzene rings is 1. The molecule has 0 aromatic heterocycles. The van der Waals surface area contributed by atoms with E-state index in [1.807, 2.05) is 0 Å². The molecule has 0 saturated carbocycles. The van der Waals surface area contributed by atoms with E-state index in [0.717, 1.165) is 0 Å². The highest BCUT2D eigenvalue weighted by molar-refractivity contribution is 7.99. The van der Waals surface area contributed by atoms with Gasteiger partial charge in [0.05, 0.1) is 11.3 Å². The molecular weight excluding hydrogens is 296 g/mol. The van der Waals surface area contributed by atoms with Crippen molar-refractivity contribution in [1.29, 1.82) is 0 Å². The average molecular weight is 310 g/mol. The predicted molar refractivity (Wildman–Crippen MR) is 77.3 cm³/mol. The number of hydrogen-bond donors (Lipinski definition) is 2. The number of thioether (sulfide) groups is 1. The summed E-state index contributed by atoms with van der Waals surface area (Å²) in [5.74, 6) is -0.466. The molecule has 2 N–H and O–H groups in total. The number of amides is 1. The zero-order chi connectivity index (χ0) is 15.5. The van der Waals surface area contributed by atoms with Crippen molar-refractivity contribution < 1.29 is 19.6 Å². The van der Waals surface area contributed by atoms with Crippen molar-refractivity contribution in [3.63, 3.8) is 0 Å². The van der Waals surface area contributed by atoms with Crippen LogP contribution >= 0.6 is 11.8 Å². The number of nitro groups is 1. The van der Waals surface area contributed by atoms with Crippen LogP contribution in [0.15, 0.2) is 24.3 Å². The Morgan fingerprint density at radius 2 is 2.24 bits per heavy atom. The topological polar surface area (TPSA) is 110 Å². The average Bonchev–Trinajstić information content (AvgIpc) is 2.88. The van der Waals surface area contributed by atoms with Crippen molar-refractivity contribution in [3.05, 3.63) is 39.9 Å². The number of non-ortho nitro benzene ring substituents is 1. The lowest BCUT2D eigenvalue weighted by atomic mass is 9.98. The van der Waals surface area contributed by atoms with Crippen molar-refractivity contribution in [2.45, 2.75) is 18.4 Å². The van der Waals surface area contributed by atoms with Crippen molar-refractivity contribution in [2.24, 2.45) is 0 Å². The smallest absolute Gasteiger partial charge is 0.330 e. The molecule has 1 aromatic carbocycles. The summed E-state index contributed by atoms with van der Waals surface area (Å²) in [6.07, 6.45) is 0.301. The maximum Gasteiger partial charge on any atom is 0.330 e. The largest absolute Gasteiger partial charge is 0.479 e. The van der Waals surface area contributed by atoms with Gasteiger partial charge in [-0.1, -0.05) is 12.1 Å². The predicted octanol–water partition coefficient (Wildman–Crippen LogP) is 1.21. The molecule has 1 saturated heterocycles. The molecule has 7 nitrogen and oxygen atoms in total. The van der Waals surface area contributed by atoms with Crippen LogP contribution in [0.1, 0.15) is 12.0 Å². The summed E-state index contributed by atoms with van der Waals surface area (Å²) in [6, 6.07) is 5.76. The van der Waals surface area contributed by atoms with Gasteiger partial charge in [0.25, 0.3) is 5.69 Å². The molecule has 0 bridgehead atoms. The van der Waals surface area contributed by atoms with E-state index in [0.29, 0.717) is 23.5 Å². The molecule has 1 heterocycles. The van der Waals surface area contributed by atoms with Crippen LogP contribution in [-0.2, 0) is 16.0 Å². The Labute approximate surface area is 124 Å². The fraction of sp³-hybridized carbons (Fsp3) is 0.385. The highest BCUT2D eigenvalue weighted by Gasteiger charge is 2.43. The van der Waals surface area contributed by atoms with E-state index in [4.69, 9.17) is 0 Å². The number of aliphatic carboxylic acids is 1. The number of hydrogen-bond acceptors (Lipinski definition) is 5. The molecule has 1 aliphatic rings. The highest BCUT2D eigenvalue weighted by atomic mass is 32.2. The third-order valence-electron chi connectivity index (χ3n) is 3.30. The second kappa shape index (κ2) is 6.13. The van der Waals surface area contributed by atoms with Gasteiger partial charge in [-0.15, -0.1) is 0 Å². The van der Waals surface area contributed by atoms with Crippen LogP contribution in [-0.4, -0.2) is 39.0 Å². The maximum absolute atomic E-state index is 12.0. The van der Waals surface area contributed by atoms with Crippen LogP contribution in [0.4, 0.5) is 5.69 Å². The molecule has 1 amide bonds. The summed E-state index contributed by atoms with van der Waals surface area (Å²) in [5.41, 5.74) is -0.833. The number of nitrogens with zero attached hydrogens (tertiary/aromatic N) is 1. The van der Waals surface area contributed by atoms with Crippen molar-refractivity contribution in [1.82, 2.24) is 5.32 Å². The number of carboxylic acid groups (broad SMARTS) is 1. The SMILES string of the molecule is O=C(Cc1cccc([N+](=O)[O-])c1)NC1(C(=O)O)CCSC1. The van der Waals surface area contributed by atoms with Crippen molar-refractivity contribution >= 4 is 29.3 Å². The quantitative estimate of drug-likeness (QED) is 0.625. The summed E-state index contributed by atoms with van der Waals surface area (Å²) >= 11 is 1.48. The third kappa shape index (κ3) is 3.52. The molecule has 1 aromatic rings. The van der Waals surface area contributed by atoms with Gasteiger partial charge >= 0.3 is 5.97 Å². The third-order valence-corrected chi connectivity index (χ3v) is 4.49. The highest BCUT2D eigenvalue weighted by Crippen LogP contribution is 2.28. The summed E-state index contributed by atoms with van der Waals surface area (Å²) in [4.78, 5) is 33.5. The first-order valence-corrected chi connectivity index (χ1v) is 7.44. The lowest BCUT2D eigenvalue weighted by Crippen LogP contribution is -2.55. The zero-order valence-corrected chi connectivity index (χ0v) is 11.9. The van der Waals surface area contributed by atoms with Crippen LogP contribution < -0.4 is 5.32 Å². The summed E-state index contributed by atoms with van der Waals surface area (Å²) in [7, 11) is 0. The summed E-state index contributed by atoms with van der Waals surface area (Å²) in [6.45, 7) is 0. The monoisotopic (exact) mass is 310 g/mol. The first kappa shape index (κ1) is 15.3. The van der Waals surface area contributed by atoms with E-state index in [2.05, 4.69) is 5.32 Å². The Hall–Kier alpha value is -2.09. The molecule has 0 radical (unpaired) electrons. The Morgan fingerprint density at radius 1 is 1.48 bits per heavy atom. The number of rotatable bonds is 5. The van der Waals surface area contributed by atoms with E-state index in [1.165, 1.54) is 30.0 Å². The first-order chi connectivity index (χ1) is 9.93. The standard InChI is InChI=1S/C13H14N2O5S/c16-11(14-13(12(17)18)4-5-21-8-13)7-9-2-1-3-10(6-9)15(19)20/h1-3,6H,4-5,7-8H2,(H,14,16)(H,17,18). The number of carbonyl (C=O) groups is 2. The molecular formula is C13H14N2O5S. The van der Waals surface area contributed by atoms with Gasteiger partial charge in [0.2, 0.25) is 5.91 Å². The minimum absolute atomic E-state index is 0.0820. The molecule has 1 unspecified atom stereocenters. The van der Waals surface area contributed by atoms with Gasteiger partial charge in [-0.25, -0.2) is 4.79 Å². The molecule has 1 atom stereocenters. The van der Waals surface area contributed by atoms with E-state index in [1.54, 1.807) is 6.07 Å². The van der Waals surface area contributed by atoms with Crippen molar-refractivity contribution in [2.75, 3.05) is 11.5 Å². The first-order valence-electron chi connectivity index (χ1n) is 6.28. The molecule has 112 valence electrons.